The number of halogens is 2. The molecule has 0 atom stereocenters. The summed E-state index contributed by atoms with van der Waals surface area (Å²) in [6.07, 6.45) is 1.70. The molecule has 0 radical (unpaired) electrons. The summed E-state index contributed by atoms with van der Waals surface area (Å²) in [6, 6.07) is 5.58. The summed E-state index contributed by atoms with van der Waals surface area (Å²) < 4.78 is 5.01. The fourth-order valence-electron chi connectivity index (χ4n) is 1.68. The topological polar surface area (TPSA) is 26.3 Å². The Morgan fingerprint density at radius 3 is 2.71 bits per heavy atom. The van der Waals surface area contributed by atoms with Crippen LogP contribution >= 0.6 is 23.2 Å². The molecule has 0 N–H and O–H groups in total. The summed E-state index contributed by atoms with van der Waals surface area (Å²) in [5.41, 5.74) is 2.50. The first-order chi connectivity index (χ1) is 8.24. The number of esters is 1. The molecule has 0 saturated heterocycles. The summed E-state index contributed by atoms with van der Waals surface area (Å²) in [7, 11) is 0. The molecule has 2 nitrogen and oxygen atoms in total. The summed E-state index contributed by atoms with van der Waals surface area (Å²) in [5.74, 6) is 0.605. The average molecular weight is 275 g/mol. The van der Waals surface area contributed by atoms with Crippen molar-refractivity contribution in [1.29, 1.82) is 0 Å². The molecule has 0 aliphatic heterocycles. The van der Waals surface area contributed by atoms with Gasteiger partial charge in [0.2, 0.25) is 0 Å². The monoisotopic (exact) mass is 274 g/mol. The number of aryl methyl sites for hydroxylation is 1. The quantitative estimate of drug-likeness (QED) is 0.583. The first-order valence-electron chi connectivity index (χ1n) is 5.64. The van der Waals surface area contributed by atoms with Gasteiger partial charge in [0.15, 0.2) is 0 Å². The van der Waals surface area contributed by atoms with Crippen molar-refractivity contribution in [1.82, 2.24) is 0 Å². The van der Waals surface area contributed by atoms with Crippen LogP contribution in [0.15, 0.2) is 18.2 Å². The summed E-state index contributed by atoms with van der Waals surface area (Å²) in [4.78, 5) is 11.7. The van der Waals surface area contributed by atoms with E-state index in [9.17, 15) is 4.79 Å². The Bertz CT molecular complexity index is 378. The van der Waals surface area contributed by atoms with E-state index in [-0.39, 0.29) is 5.97 Å². The van der Waals surface area contributed by atoms with Crippen LogP contribution in [0.2, 0.25) is 0 Å². The SMILES string of the molecule is CCOC(=O)c1cccc(CCCCl)c1CCl. The van der Waals surface area contributed by atoms with Crippen LogP contribution < -0.4 is 0 Å². The number of carbonyl (C=O) groups excluding carboxylic acids is 1. The number of benzene rings is 1. The van der Waals surface area contributed by atoms with Crippen LogP contribution in [0.25, 0.3) is 0 Å². The van der Waals surface area contributed by atoms with Crippen LogP contribution in [0.3, 0.4) is 0 Å². The molecule has 0 fully saturated rings. The largest absolute Gasteiger partial charge is 0.462 e. The molecule has 17 heavy (non-hydrogen) atoms. The van der Waals surface area contributed by atoms with E-state index < -0.39 is 0 Å². The lowest BCUT2D eigenvalue weighted by Crippen LogP contribution is -2.09. The van der Waals surface area contributed by atoms with Gasteiger partial charge in [-0.15, -0.1) is 23.2 Å². The average Bonchev–Trinajstić information content (AvgIpc) is 2.36. The maximum Gasteiger partial charge on any atom is 0.338 e. The van der Waals surface area contributed by atoms with E-state index in [2.05, 4.69) is 0 Å². The number of hydrogen-bond acceptors (Lipinski definition) is 2. The molecule has 94 valence electrons. The lowest BCUT2D eigenvalue weighted by atomic mass is 9.99. The Hall–Kier alpha value is -0.730. The van der Waals surface area contributed by atoms with Crippen LogP contribution in [0.4, 0.5) is 0 Å². The molecule has 1 aromatic carbocycles. The van der Waals surface area contributed by atoms with Crippen molar-refractivity contribution in [2.45, 2.75) is 25.6 Å². The molecular weight excluding hydrogens is 259 g/mol. The highest BCUT2D eigenvalue weighted by atomic mass is 35.5. The van der Waals surface area contributed by atoms with E-state index in [0.717, 1.165) is 24.0 Å². The molecule has 0 saturated carbocycles. The second-order valence-electron chi connectivity index (χ2n) is 3.59. The van der Waals surface area contributed by atoms with Crippen molar-refractivity contribution in [3.63, 3.8) is 0 Å². The zero-order valence-corrected chi connectivity index (χ0v) is 11.4. The number of alkyl halides is 2. The van der Waals surface area contributed by atoms with Crippen molar-refractivity contribution in [3.8, 4) is 0 Å². The van der Waals surface area contributed by atoms with Crippen molar-refractivity contribution >= 4 is 29.2 Å². The van der Waals surface area contributed by atoms with Crippen molar-refractivity contribution in [2.24, 2.45) is 0 Å². The van der Waals surface area contributed by atoms with Gasteiger partial charge in [0.25, 0.3) is 0 Å². The number of rotatable bonds is 6. The molecule has 0 aliphatic carbocycles. The van der Waals surface area contributed by atoms with E-state index in [1.54, 1.807) is 13.0 Å². The molecule has 0 aromatic heterocycles. The number of carbonyl (C=O) groups is 1. The second kappa shape index (κ2) is 7.57. The number of hydrogen-bond donors (Lipinski definition) is 0. The predicted molar refractivity (Wildman–Crippen MR) is 71.0 cm³/mol. The standard InChI is InChI=1S/C13H16Cl2O2/c1-2-17-13(16)11-7-3-5-10(6-4-8-14)12(11)9-15/h3,5,7H,2,4,6,8-9H2,1H3. The van der Waals surface area contributed by atoms with Gasteiger partial charge in [0.05, 0.1) is 12.2 Å². The van der Waals surface area contributed by atoms with Crippen LogP contribution in [-0.2, 0) is 17.0 Å². The van der Waals surface area contributed by atoms with E-state index in [1.165, 1.54) is 0 Å². The Labute approximate surface area is 112 Å². The van der Waals surface area contributed by atoms with Gasteiger partial charge in [-0.25, -0.2) is 4.79 Å². The molecule has 0 aliphatic rings. The smallest absolute Gasteiger partial charge is 0.338 e. The third kappa shape index (κ3) is 3.90. The maximum absolute atomic E-state index is 11.7. The fraction of sp³-hybridized carbons (Fsp3) is 0.462. The highest BCUT2D eigenvalue weighted by Gasteiger charge is 2.14. The van der Waals surface area contributed by atoms with Gasteiger partial charge in [-0.1, -0.05) is 12.1 Å². The highest BCUT2D eigenvalue weighted by molar-refractivity contribution is 6.18. The van der Waals surface area contributed by atoms with E-state index in [0.29, 0.717) is 23.9 Å². The fourth-order valence-corrected chi connectivity index (χ4v) is 2.13. The van der Waals surface area contributed by atoms with E-state index >= 15 is 0 Å². The van der Waals surface area contributed by atoms with Gasteiger partial charge in [-0.05, 0) is 37.0 Å². The zero-order valence-electron chi connectivity index (χ0n) is 9.84. The normalized spacial score (nSPS) is 10.3. The van der Waals surface area contributed by atoms with Gasteiger partial charge in [0.1, 0.15) is 0 Å². The first-order valence-corrected chi connectivity index (χ1v) is 6.71. The molecule has 0 unspecified atom stereocenters. The van der Waals surface area contributed by atoms with Crippen LogP contribution in [-0.4, -0.2) is 18.5 Å². The molecule has 0 spiro atoms. The first kappa shape index (κ1) is 14.3. The summed E-state index contributed by atoms with van der Waals surface area (Å²) >= 11 is 11.6. The Morgan fingerprint density at radius 1 is 1.35 bits per heavy atom. The molecular formula is C13H16Cl2O2. The Kier molecular flexibility index (Phi) is 6.38. The van der Waals surface area contributed by atoms with E-state index in [4.69, 9.17) is 27.9 Å². The lowest BCUT2D eigenvalue weighted by molar-refractivity contribution is 0.0525. The predicted octanol–water partition coefficient (Wildman–Crippen LogP) is 3.77. The van der Waals surface area contributed by atoms with Crippen LogP contribution in [0.5, 0.6) is 0 Å². The third-order valence-corrected chi connectivity index (χ3v) is 3.02. The van der Waals surface area contributed by atoms with Crippen molar-refractivity contribution in [2.75, 3.05) is 12.5 Å². The van der Waals surface area contributed by atoms with Crippen LogP contribution in [0.1, 0.15) is 34.8 Å². The third-order valence-electron chi connectivity index (χ3n) is 2.48. The van der Waals surface area contributed by atoms with E-state index in [1.807, 2.05) is 12.1 Å². The Balaban J connectivity index is 3.00. The second-order valence-corrected chi connectivity index (χ2v) is 4.24. The lowest BCUT2D eigenvalue weighted by Gasteiger charge is -2.11. The minimum Gasteiger partial charge on any atom is -0.462 e. The van der Waals surface area contributed by atoms with Gasteiger partial charge in [-0.2, -0.15) is 0 Å². The minimum atomic E-state index is -0.309. The van der Waals surface area contributed by atoms with Gasteiger partial charge < -0.3 is 4.74 Å². The van der Waals surface area contributed by atoms with Gasteiger partial charge in [-0.3, -0.25) is 0 Å². The molecule has 1 rings (SSSR count). The van der Waals surface area contributed by atoms with Gasteiger partial charge >= 0.3 is 5.97 Å². The van der Waals surface area contributed by atoms with Crippen molar-refractivity contribution < 1.29 is 9.53 Å². The minimum absolute atomic E-state index is 0.309. The van der Waals surface area contributed by atoms with Gasteiger partial charge in [0, 0.05) is 11.8 Å². The maximum atomic E-state index is 11.7. The number of ether oxygens (including phenoxy) is 1. The molecule has 0 bridgehead atoms. The molecule has 4 heteroatoms. The highest BCUT2D eigenvalue weighted by Crippen LogP contribution is 2.20. The summed E-state index contributed by atoms with van der Waals surface area (Å²) in [5, 5.41) is 0. The Morgan fingerprint density at radius 2 is 2.12 bits per heavy atom. The van der Waals surface area contributed by atoms with Crippen molar-refractivity contribution in [3.05, 3.63) is 34.9 Å². The summed E-state index contributed by atoms with van der Waals surface area (Å²) in [6.45, 7) is 2.15. The zero-order chi connectivity index (χ0) is 12.7. The molecule has 1 aromatic rings. The molecule has 0 heterocycles. The molecule has 0 amide bonds. The van der Waals surface area contributed by atoms with Crippen LogP contribution in [0, 0.1) is 0 Å².